The van der Waals surface area contributed by atoms with Crippen LogP contribution in [0.1, 0.15) is 26.6 Å². The maximum atomic E-state index is 12.5. The molecule has 8 heteroatoms. The number of nitrogens with one attached hydrogen (secondary N) is 1. The second kappa shape index (κ2) is 6.55. The minimum atomic E-state index is -0.312. The zero-order valence-electron chi connectivity index (χ0n) is 12.9. The van der Waals surface area contributed by atoms with E-state index in [2.05, 4.69) is 10.3 Å². The van der Waals surface area contributed by atoms with E-state index in [-0.39, 0.29) is 11.5 Å². The minimum Gasteiger partial charge on any atom is -0.354 e. The molecular formula is C16H13Cl2N3O2S. The summed E-state index contributed by atoms with van der Waals surface area (Å²) in [6.45, 7) is 1.79. The third kappa shape index (κ3) is 3.05. The molecule has 5 nitrogen and oxygen atoms in total. The van der Waals surface area contributed by atoms with Gasteiger partial charge in [-0.1, -0.05) is 23.2 Å². The molecule has 0 spiro atoms. The Hall–Kier alpha value is -1.89. The predicted octanol–water partition coefficient (Wildman–Crippen LogP) is 3.32. The van der Waals surface area contributed by atoms with Crippen LogP contribution in [0.4, 0.5) is 0 Å². The van der Waals surface area contributed by atoms with E-state index >= 15 is 0 Å². The van der Waals surface area contributed by atoms with Gasteiger partial charge in [-0.15, -0.1) is 11.3 Å². The van der Waals surface area contributed by atoms with Crippen LogP contribution >= 0.6 is 34.5 Å². The largest absolute Gasteiger partial charge is 0.354 e. The smallest absolute Gasteiger partial charge is 0.269 e. The maximum Gasteiger partial charge on any atom is 0.269 e. The summed E-state index contributed by atoms with van der Waals surface area (Å²) in [4.78, 5) is 30.2. The summed E-state index contributed by atoms with van der Waals surface area (Å²) in [6, 6.07) is 6.59. The number of rotatable bonds is 3. The van der Waals surface area contributed by atoms with E-state index in [1.807, 2.05) is 0 Å². The van der Waals surface area contributed by atoms with Gasteiger partial charge in [0, 0.05) is 34.5 Å². The third-order valence-corrected chi connectivity index (χ3v) is 5.12. The quantitative estimate of drug-likeness (QED) is 0.756. The van der Waals surface area contributed by atoms with Gasteiger partial charge in [0.2, 0.25) is 0 Å². The van der Waals surface area contributed by atoms with Crippen molar-refractivity contribution >= 4 is 45.4 Å². The summed E-state index contributed by atoms with van der Waals surface area (Å²) in [5.41, 5.74) is 1.40. The van der Waals surface area contributed by atoms with Gasteiger partial charge in [0.1, 0.15) is 5.69 Å². The van der Waals surface area contributed by atoms with Gasteiger partial charge in [-0.05, 0) is 30.7 Å². The highest BCUT2D eigenvalue weighted by molar-refractivity contribution is 7.17. The van der Waals surface area contributed by atoms with Crippen LogP contribution < -0.4 is 10.9 Å². The first-order valence-electron chi connectivity index (χ1n) is 7.08. The van der Waals surface area contributed by atoms with Crippen molar-refractivity contribution in [2.75, 3.05) is 7.05 Å². The molecule has 0 radical (unpaired) electrons. The van der Waals surface area contributed by atoms with Gasteiger partial charge in [0.05, 0.1) is 5.69 Å². The Morgan fingerprint density at radius 1 is 1.33 bits per heavy atom. The molecule has 24 heavy (non-hydrogen) atoms. The van der Waals surface area contributed by atoms with Crippen molar-refractivity contribution in [1.82, 2.24) is 14.7 Å². The normalized spacial score (nSPS) is 11.0. The molecule has 2 aromatic heterocycles. The van der Waals surface area contributed by atoms with Crippen LogP contribution in [0.25, 0.3) is 4.96 Å². The average Bonchev–Trinajstić information content (AvgIpc) is 2.86. The molecule has 2 heterocycles. The highest BCUT2D eigenvalue weighted by atomic mass is 35.5. The minimum absolute atomic E-state index is 0.295. The lowest BCUT2D eigenvalue weighted by molar-refractivity contribution is 0.0956. The first-order valence-corrected chi connectivity index (χ1v) is 8.66. The van der Waals surface area contributed by atoms with E-state index < -0.39 is 0 Å². The average molecular weight is 382 g/mol. The number of carbonyl (C=O) groups is 1. The Morgan fingerprint density at radius 3 is 2.79 bits per heavy atom. The summed E-state index contributed by atoms with van der Waals surface area (Å²) in [5.74, 6) is -0.312. The number of halogens is 2. The second-order valence-electron chi connectivity index (χ2n) is 5.20. The number of aryl methyl sites for hydroxylation is 1. The van der Waals surface area contributed by atoms with Crippen LogP contribution in [-0.4, -0.2) is 22.3 Å². The standard InChI is InChI=1S/C16H13Cl2N3O2S/c1-8-14(15(23)19-2)21-13(22)7-11(20-16(21)24-8)6-9-5-10(17)3-4-12(9)18/h3-5,7H,6H2,1-2H3,(H,19,23). The molecule has 0 aliphatic carbocycles. The van der Waals surface area contributed by atoms with Crippen molar-refractivity contribution in [3.05, 3.63) is 66.5 Å². The van der Waals surface area contributed by atoms with Crippen LogP contribution in [0.5, 0.6) is 0 Å². The number of hydrogen-bond donors (Lipinski definition) is 1. The van der Waals surface area contributed by atoms with Gasteiger partial charge in [0.25, 0.3) is 11.5 Å². The molecule has 0 aliphatic rings. The van der Waals surface area contributed by atoms with E-state index in [1.54, 1.807) is 25.1 Å². The Morgan fingerprint density at radius 2 is 2.08 bits per heavy atom. The lowest BCUT2D eigenvalue weighted by atomic mass is 10.1. The molecule has 0 atom stereocenters. The predicted molar refractivity (Wildman–Crippen MR) is 96.7 cm³/mol. The zero-order valence-corrected chi connectivity index (χ0v) is 15.2. The van der Waals surface area contributed by atoms with E-state index in [0.717, 1.165) is 10.4 Å². The maximum absolute atomic E-state index is 12.5. The van der Waals surface area contributed by atoms with Gasteiger partial charge >= 0.3 is 0 Å². The molecule has 0 unspecified atom stereocenters. The number of fused-ring (bicyclic) bond motifs is 1. The molecule has 0 fully saturated rings. The van der Waals surface area contributed by atoms with Crippen molar-refractivity contribution in [2.45, 2.75) is 13.3 Å². The molecule has 0 saturated heterocycles. The zero-order chi connectivity index (χ0) is 17.4. The lowest BCUT2D eigenvalue weighted by Gasteiger charge is -2.06. The Bertz CT molecular complexity index is 1010. The van der Waals surface area contributed by atoms with E-state index in [0.29, 0.717) is 32.8 Å². The number of aromatic nitrogens is 2. The number of carbonyl (C=O) groups excluding carboxylic acids is 1. The number of benzene rings is 1. The Balaban J connectivity index is 2.11. The summed E-state index contributed by atoms with van der Waals surface area (Å²) >= 11 is 13.5. The second-order valence-corrected chi connectivity index (χ2v) is 7.23. The van der Waals surface area contributed by atoms with Gasteiger partial charge in [-0.25, -0.2) is 9.38 Å². The first-order chi connectivity index (χ1) is 11.4. The molecule has 1 N–H and O–H groups in total. The first kappa shape index (κ1) is 17.0. The molecule has 3 rings (SSSR count). The fourth-order valence-corrected chi connectivity index (χ4v) is 3.84. The number of hydrogen-bond acceptors (Lipinski definition) is 4. The molecular weight excluding hydrogens is 369 g/mol. The summed E-state index contributed by atoms with van der Waals surface area (Å²) in [7, 11) is 1.53. The molecule has 0 aliphatic heterocycles. The van der Waals surface area contributed by atoms with Gasteiger partial charge in [0.15, 0.2) is 4.96 Å². The van der Waals surface area contributed by atoms with Crippen LogP contribution in [0, 0.1) is 6.92 Å². The number of amides is 1. The Labute approximate surface area is 151 Å². The van der Waals surface area contributed by atoms with Gasteiger partial charge in [-0.3, -0.25) is 9.59 Å². The number of thiazole rings is 1. The van der Waals surface area contributed by atoms with Crippen molar-refractivity contribution in [2.24, 2.45) is 0 Å². The fraction of sp³-hybridized carbons (Fsp3) is 0.188. The summed E-state index contributed by atoms with van der Waals surface area (Å²) in [6.07, 6.45) is 0.386. The summed E-state index contributed by atoms with van der Waals surface area (Å²) in [5, 5.41) is 3.68. The molecule has 1 amide bonds. The van der Waals surface area contributed by atoms with E-state index in [9.17, 15) is 9.59 Å². The Kier molecular flexibility index (Phi) is 4.62. The van der Waals surface area contributed by atoms with Crippen molar-refractivity contribution < 1.29 is 4.79 Å². The van der Waals surface area contributed by atoms with Crippen molar-refractivity contribution in [1.29, 1.82) is 0 Å². The third-order valence-electron chi connectivity index (χ3n) is 3.56. The van der Waals surface area contributed by atoms with Gasteiger partial charge in [-0.2, -0.15) is 0 Å². The molecule has 124 valence electrons. The molecule has 0 saturated carbocycles. The highest BCUT2D eigenvalue weighted by Gasteiger charge is 2.18. The molecule has 0 bridgehead atoms. The monoisotopic (exact) mass is 381 g/mol. The number of nitrogens with zero attached hydrogens (tertiary/aromatic N) is 2. The topological polar surface area (TPSA) is 63.5 Å². The van der Waals surface area contributed by atoms with E-state index in [1.165, 1.54) is 28.9 Å². The molecule has 1 aromatic carbocycles. The fourth-order valence-electron chi connectivity index (χ4n) is 2.47. The van der Waals surface area contributed by atoms with E-state index in [4.69, 9.17) is 23.2 Å². The van der Waals surface area contributed by atoms with Crippen molar-refractivity contribution in [3.8, 4) is 0 Å². The summed E-state index contributed by atoms with van der Waals surface area (Å²) < 4.78 is 1.34. The van der Waals surface area contributed by atoms with Crippen LogP contribution in [0.2, 0.25) is 10.0 Å². The highest BCUT2D eigenvalue weighted by Crippen LogP contribution is 2.24. The van der Waals surface area contributed by atoms with Crippen LogP contribution in [-0.2, 0) is 6.42 Å². The van der Waals surface area contributed by atoms with Crippen LogP contribution in [0.15, 0.2) is 29.1 Å². The van der Waals surface area contributed by atoms with Crippen LogP contribution in [0.3, 0.4) is 0 Å². The SMILES string of the molecule is CNC(=O)c1c(C)sc2nc(Cc3cc(Cl)ccc3Cl)cc(=O)n12. The lowest BCUT2D eigenvalue weighted by Crippen LogP contribution is -2.25. The van der Waals surface area contributed by atoms with Crippen molar-refractivity contribution in [3.63, 3.8) is 0 Å². The van der Waals surface area contributed by atoms with Gasteiger partial charge < -0.3 is 5.32 Å². The molecule has 3 aromatic rings.